The van der Waals surface area contributed by atoms with Gasteiger partial charge in [-0.3, -0.25) is 0 Å². The average Bonchev–Trinajstić information content (AvgIpc) is 3.44. The first-order valence-electron chi connectivity index (χ1n) is 10.3. The van der Waals surface area contributed by atoms with Crippen molar-refractivity contribution in [1.29, 1.82) is 0 Å². The van der Waals surface area contributed by atoms with Crippen molar-refractivity contribution in [1.82, 2.24) is 14.7 Å². The van der Waals surface area contributed by atoms with E-state index in [0.717, 1.165) is 21.8 Å². The first kappa shape index (κ1) is 21.1. The quantitative estimate of drug-likeness (QED) is 0.263. The highest BCUT2D eigenvalue weighted by atomic mass is 35.5. The van der Waals surface area contributed by atoms with E-state index in [1.54, 1.807) is 30.3 Å². The molecule has 6 rings (SSSR count). The van der Waals surface area contributed by atoms with Gasteiger partial charge in [0.15, 0.2) is 5.75 Å². The maximum absolute atomic E-state index is 11.4. The molecule has 0 saturated carbocycles. The summed E-state index contributed by atoms with van der Waals surface area (Å²) in [6, 6.07) is 24.4. The Bertz CT molecular complexity index is 1650. The number of benzene rings is 4. The lowest BCUT2D eigenvalue weighted by molar-refractivity contribution is 0.431. The van der Waals surface area contributed by atoms with Gasteiger partial charge in [-0.1, -0.05) is 82.4 Å². The number of para-hydroxylation sites is 2. The van der Waals surface area contributed by atoms with Crippen molar-refractivity contribution in [3.8, 4) is 34.3 Å². The Labute approximate surface area is 208 Å². The van der Waals surface area contributed by atoms with Crippen LogP contribution in [0.2, 0.25) is 15.1 Å². The van der Waals surface area contributed by atoms with Gasteiger partial charge in [-0.15, -0.1) is 0 Å². The van der Waals surface area contributed by atoms with Crippen LogP contribution in [0.5, 0.6) is 5.75 Å². The van der Waals surface area contributed by atoms with E-state index >= 15 is 0 Å². The Balaban J connectivity index is 1.58. The maximum Gasteiger partial charge on any atom is 0.261 e. The second-order valence-electron chi connectivity index (χ2n) is 7.71. The van der Waals surface area contributed by atoms with E-state index in [9.17, 15) is 5.11 Å². The molecule has 1 N–H and O–H groups in total. The molecule has 0 amide bonds. The Morgan fingerprint density at radius 1 is 0.765 bits per heavy atom. The summed E-state index contributed by atoms with van der Waals surface area (Å²) in [7, 11) is 0. The molecule has 0 aliphatic heterocycles. The second-order valence-corrected chi connectivity index (χ2v) is 8.96. The predicted octanol–water partition coefficient (Wildman–Crippen LogP) is 8.17. The van der Waals surface area contributed by atoms with Gasteiger partial charge in [-0.05, 0) is 36.4 Å². The third-order valence-corrected chi connectivity index (χ3v) is 6.57. The van der Waals surface area contributed by atoms with E-state index in [1.165, 1.54) is 0 Å². The molecular formula is C26H14Cl3N3O2. The standard InChI is InChI=1S/C26H14Cl3N3O2/c27-14-12-17(25-30-26(34-31-25)23-18(28)8-5-9-19(23)29)24(33)22(13-14)32-20-10-3-1-6-15(20)16-7-2-4-11-21(16)32/h1-13,33H. The molecule has 6 aromatic rings. The van der Waals surface area contributed by atoms with E-state index in [4.69, 9.17) is 39.3 Å². The Kier molecular flexibility index (Phi) is 4.99. The molecule has 0 aliphatic rings. The van der Waals surface area contributed by atoms with Crippen LogP contribution in [0.25, 0.3) is 50.3 Å². The van der Waals surface area contributed by atoms with Crippen LogP contribution in [0.15, 0.2) is 83.4 Å². The molecule has 2 heterocycles. The molecule has 0 fully saturated rings. The number of rotatable bonds is 3. The topological polar surface area (TPSA) is 64.1 Å². The lowest BCUT2D eigenvalue weighted by Crippen LogP contribution is -1.96. The summed E-state index contributed by atoms with van der Waals surface area (Å²) in [4.78, 5) is 4.45. The molecule has 0 radical (unpaired) electrons. The van der Waals surface area contributed by atoms with Gasteiger partial charge in [0.2, 0.25) is 5.82 Å². The number of halogens is 3. The first-order chi connectivity index (χ1) is 16.5. The summed E-state index contributed by atoms with van der Waals surface area (Å²) in [5.74, 6) is 0.268. The minimum Gasteiger partial charge on any atom is -0.505 e. The average molecular weight is 507 g/mol. The predicted molar refractivity (Wildman–Crippen MR) is 136 cm³/mol. The van der Waals surface area contributed by atoms with Crippen LogP contribution in [0.1, 0.15) is 0 Å². The van der Waals surface area contributed by atoms with Gasteiger partial charge in [0.05, 0.1) is 37.9 Å². The molecule has 0 atom stereocenters. The zero-order valence-corrected chi connectivity index (χ0v) is 19.6. The van der Waals surface area contributed by atoms with Gasteiger partial charge >= 0.3 is 0 Å². The summed E-state index contributed by atoms with van der Waals surface area (Å²) in [5.41, 5.74) is 3.12. The first-order valence-corrected chi connectivity index (χ1v) is 11.5. The molecule has 8 heteroatoms. The third kappa shape index (κ3) is 3.24. The van der Waals surface area contributed by atoms with Crippen LogP contribution in [-0.4, -0.2) is 19.8 Å². The molecule has 0 bridgehead atoms. The SMILES string of the molecule is Oc1c(-c2noc(-c3c(Cl)cccc3Cl)n2)cc(Cl)cc1-n1c2ccccc2c2ccccc21. The fourth-order valence-electron chi connectivity index (χ4n) is 4.24. The lowest BCUT2D eigenvalue weighted by Gasteiger charge is -2.13. The molecule has 0 spiro atoms. The number of phenols is 1. The molecule has 2 aromatic heterocycles. The van der Waals surface area contributed by atoms with Gasteiger partial charge in [0.25, 0.3) is 5.89 Å². The Morgan fingerprint density at radius 2 is 1.38 bits per heavy atom. The van der Waals surface area contributed by atoms with Crippen molar-refractivity contribution in [2.75, 3.05) is 0 Å². The van der Waals surface area contributed by atoms with E-state index in [2.05, 4.69) is 22.3 Å². The van der Waals surface area contributed by atoms with Gasteiger partial charge in [0, 0.05) is 15.8 Å². The van der Waals surface area contributed by atoms with E-state index in [-0.39, 0.29) is 17.5 Å². The summed E-state index contributed by atoms with van der Waals surface area (Å²) < 4.78 is 7.42. The van der Waals surface area contributed by atoms with Crippen LogP contribution in [0, 0.1) is 0 Å². The molecule has 166 valence electrons. The fourth-order valence-corrected chi connectivity index (χ4v) is 5.02. The molecule has 0 unspecified atom stereocenters. The van der Waals surface area contributed by atoms with E-state index in [1.807, 2.05) is 41.0 Å². The third-order valence-electron chi connectivity index (χ3n) is 5.72. The minimum atomic E-state index is -0.0338. The van der Waals surface area contributed by atoms with Gasteiger partial charge in [-0.2, -0.15) is 4.98 Å². The van der Waals surface area contributed by atoms with E-state index < -0.39 is 0 Å². The Hall–Kier alpha value is -3.51. The van der Waals surface area contributed by atoms with Crippen molar-refractivity contribution in [3.05, 3.63) is 93.9 Å². The normalized spacial score (nSPS) is 11.5. The molecule has 5 nitrogen and oxygen atoms in total. The van der Waals surface area contributed by atoms with E-state index in [0.29, 0.717) is 31.9 Å². The van der Waals surface area contributed by atoms with Gasteiger partial charge < -0.3 is 14.2 Å². The van der Waals surface area contributed by atoms with Crippen LogP contribution in [-0.2, 0) is 0 Å². The smallest absolute Gasteiger partial charge is 0.261 e. The number of aromatic hydroxyl groups is 1. The van der Waals surface area contributed by atoms with Crippen molar-refractivity contribution >= 4 is 56.6 Å². The number of aromatic nitrogens is 3. The number of hydrogen-bond acceptors (Lipinski definition) is 4. The summed E-state index contributed by atoms with van der Waals surface area (Å²) >= 11 is 19.1. The van der Waals surface area contributed by atoms with Gasteiger partial charge in [-0.25, -0.2) is 0 Å². The summed E-state index contributed by atoms with van der Waals surface area (Å²) in [6.45, 7) is 0. The molecular weight excluding hydrogens is 493 g/mol. The number of phenolic OH excluding ortho intramolecular Hbond substituents is 1. The highest BCUT2D eigenvalue weighted by molar-refractivity contribution is 6.38. The monoisotopic (exact) mass is 505 g/mol. The van der Waals surface area contributed by atoms with Crippen molar-refractivity contribution < 1.29 is 9.63 Å². The lowest BCUT2D eigenvalue weighted by atomic mass is 10.1. The summed E-state index contributed by atoms with van der Waals surface area (Å²) in [5, 5.41) is 18.8. The highest BCUT2D eigenvalue weighted by Gasteiger charge is 2.22. The van der Waals surface area contributed by atoms with Gasteiger partial charge in [0.1, 0.15) is 0 Å². The molecule has 0 saturated heterocycles. The Morgan fingerprint density at radius 3 is 2.03 bits per heavy atom. The fraction of sp³-hybridized carbons (Fsp3) is 0. The molecule has 0 aliphatic carbocycles. The largest absolute Gasteiger partial charge is 0.505 e. The van der Waals surface area contributed by atoms with Crippen LogP contribution < -0.4 is 0 Å². The zero-order valence-electron chi connectivity index (χ0n) is 17.3. The van der Waals surface area contributed by atoms with Crippen molar-refractivity contribution in [2.45, 2.75) is 0 Å². The van der Waals surface area contributed by atoms with Crippen LogP contribution >= 0.6 is 34.8 Å². The van der Waals surface area contributed by atoms with Crippen LogP contribution in [0.4, 0.5) is 0 Å². The molecule has 34 heavy (non-hydrogen) atoms. The maximum atomic E-state index is 11.4. The molecule has 4 aromatic carbocycles. The zero-order chi connectivity index (χ0) is 23.4. The summed E-state index contributed by atoms with van der Waals surface area (Å²) in [6.07, 6.45) is 0. The number of fused-ring (bicyclic) bond motifs is 3. The number of hydrogen-bond donors (Lipinski definition) is 1. The van der Waals surface area contributed by atoms with Crippen molar-refractivity contribution in [3.63, 3.8) is 0 Å². The number of nitrogens with zero attached hydrogens (tertiary/aromatic N) is 3. The highest BCUT2D eigenvalue weighted by Crippen LogP contribution is 2.42. The van der Waals surface area contributed by atoms with Crippen LogP contribution in [0.3, 0.4) is 0 Å². The second kappa shape index (κ2) is 8.06. The minimum absolute atomic E-state index is 0.0338. The van der Waals surface area contributed by atoms with Crippen molar-refractivity contribution in [2.24, 2.45) is 0 Å².